The maximum absolute atomic E-state index is 12.7. The average Bonchev–Trinajstić information content (AvgIpc) is 3.49. The van der Waals surface area contributed by atoms with Gasteiger partial charge in [0.25, 0.3) is 0 Å². The molecule has 1 aliphatic heterocycles. The monoisotopic (exact) mass is 469 g/mol. The first-order valence-electron chi connectivity index (χ1n) is 10.4. The lowest BCUT2D eigenvalue weighted by atomic mass is 10.1. The topological polar surface area (TPSA) is 88.6 Å². The Kier molecular flexibility index (Phi) is 6.66. The molecule has 0 bridgehead atoms. The number of carbonyl (C=O) groups excluding carboxylic acids is 3. The molecule has 166 valence electrons. The van der Waals surface area contributed by atoms with E-state index in [1.54, 1.807) is 23.3 Å². The first kappa shape index (κ1) is 22.2. The van der Waals surface area contributed by atoms with Crippen LogP contribution in [0.4, 0.5) is 10.8 Å². The first-order valence-corrected chi connectivity index (χ1v) is 12.1. The summed E-state index contributed by atoms with van der Waals surface area (Å²) in [6.45, 7) is 4.67. The summed E-state index contributed by atoms with van der Waals surface area (Å²) < 4.78 is 5.18. The summed E-state index contributed by atoms with van der Waals surface area (Å²) in [6, 6.07) is 9.77. The van der Waals surface area contributed by atoms with Crippen LogP contribution in [-0.4, -0.2) is 35.9 Å². The predicted octanol–water partition coefficient (Wildman–Crippen LogP) is 4.66. The third kappa shape index (κ3) is 4.89. The molecule has 2 aromatic heterocycles. The van der Waals surface area contributed by atoms with Gasteiger partial charge in [-0.3, -0.25) is 14.5 Å². The minimum absolute atomic E-state index is 0.0521. The molecule has 1 N–H and O–H groups in total. The standard InChI is InChI=1S/C23H23N3O4S2/c1-3-30-22(29)21-17(12-18(32-21)15-8-6-14(2)7-9-15)25-19(27)11-16-13-31-23(24-16)26-10-4-5-20(26)28/h6-9,12-13H,3-5,10-11H2,1-2H3,(H,25,27). The van der Waals surface area contributed by atoms with Gasteiger partial charge in [-0.05, 0) is 31.9 Å². The van der Waals surface area contributed by atoms with Gasteiger partial charge in [0.15, 0.2) is 5.13 Å². The number of hydrogen-bond acceptors (Lipinski definition) is 7. The number of nitrogens with zero attached hydrogens (tertiary/aromatic N) is 2. The molecule has 2 amide bonds. The minimum Gasteiger partial charge on any atom is -0.462 e. The van der Waals surface area contributed by atoms with Crippen molar-refractivity contribution in [1.29, 1.82) is 0 Å². The van der Waals surface area contributed by atoms with Crippen LogP contribution in [0, 0.1) is 6.92 Å². The SMILES string of the molecule is CCOC(=O)c1sc(-c2ccc(C)cc2)cc1NC(=O)Cc1csc(N2CCCC2=O)n1. The fourth-order valence-electron chi connectivity index (χ4n) is 3.40. The maximum Gasteiger partial charge on any atom is 0.350 e. The Hall–Kier alpha value is -3.04. The van der Waals surface area contributed by atoms with Crippen molar-refractivity contribution < 1.29 is 19.1 Å². The third-order valence-corrected chi connectivity index (χ3v) is 7.07. The molecule has 4 rings (SSSR count). The lowest BCUT2D eigenvalue weighted by Gasteiger charge is -2.10. The smallest absolute Gasteiger partial charge is 0.350 e. The van der Waals surface area contributed by atoms with Crippen molar-refractivity contribution in [3.63, 3.8) is 0 Å². The molecule has 0 radical (unpaired) electrons. The second-order valence-corrected chi connectivity index (χ2v) is 9.32. The summed E-state index contributed by atoms with van der Waals surface area (Å²) in [5.74, 6) is -0.681. The Bertz CT molecular complexity index is 1150. The molecule has 3 heterocycles. The lowest BCUT2D eigenvalue weighted by molar-refractivity contribution is -0.117. The highest BCUT2D eigenvalue weighted by molar-refractivity contribution is 7.18. The highest BCUT2D eigenvalue weighted by atomic mass is 32.1. The first-order chi connectivity index (χ1) is 15.4. The number of nitrogens with one attached hydrogen (secondary N) is 1. The predicted molar refractivity (Wildman–Crippen MR) is 126 cm³/mol. The zero-order chi connectivity index (χ0) is 22.7. The van der Waals surface area contributed by atoms with E-state index in [1.807, 2.05) is 31.2 Å². The quantitative estimate of drug-likeness (QED) is 0.508. The highest BCUT2D eigenvalue weighted by Crippen LogP contribution is 2.36. The van der Waals surface area contributed by atoms with Gasteiger partial charge in [0, 0.05) is 23.2 Å². The van der Waals surface area contributed by atoms with Crippen LogP contribution in [0.2, 0.25) is 0 Å². The van der Waals surface area contributed by atoms with Gasteiger partial charge in [0.1, 0.15) is 4.88 Å². The number of aromatic nitrogens is 1. The normalized spacial score (nSPS) is 13.4. The van der Waals surface area contributed by atoms with Crippen molar-refractivity contribution in [3.05, 3.63) is 51.8 Å². The molecule has 0 aliphatic carbocycles. The van der Waals surface area contributed by atoms with Gasteiger partial charge >= 0.3 is 5.97 Å². The molecule has 0 atom stereocenters. The van der Waals surface area contributed by atoms with Gasteiger partial charge in [-0.2, -0.15) is 0 Å². The van der Waals surface area contributed by atoms with E-state index in [0.717, 1.165) is 22.4 Å². The van der Waals surface area contributed by atoms with E-state index in [0.29, 0.717) is 34.4 Å². The number of thiophene rings is 1. The van der Waals surface area contributed by atoms with Crippen molar-refractivity contribution in [2.75, 3.05) is 23.4 Å². The van der Waals surface area contributed by atoms with Crippen molar-refractivity contribution in [2.45, 2.75) is 33.1 Å². The van der Waals surface area contributed by atoms with Gasteiger partial charge in [-0.15, -0.1) is 22.7 Å². The van der Waals surface area contributed by atoms with Gasteiger partial charge in [-0.25, -0.2) is 9.78 Å². The molecule has 9 heteroatoms. The molecule has 1 aliphatic rings. The number of thiazole rings is 1. The van der Waals surface area contributed by atoms with E-state index in [-0.39, 0.29) is 24.8 Å². The largest absolute Gasteiger partial charge is 0.462 e. The van der Waals surface area contributed by atoms with Crippen molar-refractivity contribution >= 4 is 51.3 Å². The summed E-state index contributed by atoms with van der Waals surface area (Å²) in [4.78, 5) is 44.4. The van der Waals surface area contributed by atoms with Crippen LogP contribution in [-0.2, 0) is 20.7 Å². The van der Waals surface area contributed by atoms with Crippen LogP contribution in [0.1, 0.15) is 40.7 Å². The fraction of sp³-hybridized carbons (Fsp3) is 0.304. The molecule has 0 spiro atoms. The molecule has 1 fully saturated rings. The van der Waals surface area contributed by atoms with E-state index in [2.05, 4.69) is 10.3 Å². The fourth-order valence-corrected chi connectivity index (χ4v) is 5.28. The number of rotatable bonds is 7. The summed E-state index contributed by atoms with van der Waals surface area (Å²) >= 11 is 2.65. The molecule has 0 saturated carbocycles. The van der Waals surface area contributed by atoms with Crippen LogP contribution in [0.5, 0.6) is 0 Å². The molecule has 0 unspecified atom stereocenters. The maximum atomic E-state index is 12.7. The van der Waals surface area contributed by atoms with E-state index >= 15 is 0 Å². The number of esters is 1. The summed E-state index contributed by atoms with van der Waals surface area (Å²) in [5.41, 5.74) is 3.13. The van der Waals surface area contributed by atoms with Gasteiger partial charge < -0.3 is 10.1 Å². The van der Waals surface area contributed by atoms with Crippen LogP contribution < -0.4 is 10.2 Å². The summed E-state index contributed by atoms with van der Waals surface area (Å²) in [6.07, 6.45) is 1.41. The number of carbonyl (C=O) groups is 3. The Morgan fingerprint density at radius 1 is 1.25 bits per heavy atom. The zero-order valence-electron chi connectivity index (χ0n) is 17.8. The molecule has 32 heavy (non-hydrogen) atoms. The van der Waals surface area contributed by atoms with Crippen LogP contribution >= 0.6 is 22.7 Å². The Balaban J connectivity index is 1.51. The van der Waals surface area contributed by atoms with Crippen LogP contribution in [0.15, 0.2) is 35.7 Å². The van der Waals surface area contributed by atoms with Crippen LogP contribution in [0.25, 0.3) is 10.4 Å². The van der Waals surface area contributed by atoms with Gasteiger partial charge in [-0.1, -0.05) is 29.8 Å². The van der Waals surface area contributed by atoms with Crippen molar-refractivity contribution in [1.82, 2.24) is 4.98 Å². The Morgan fingerprint density at radius 2 is 2.03 bits per heavy atom. The summed E-state index contributed by atoms with van der Waals surface area (Å²) in [5, 5.41) is 5.26. The van der Waals surface area contributed by atoms with Crippen molar-refractivity contribution in [3.8, 4) is 10.4 Å². The number of benzene rings is 1. The Morgan fingerprint density at radius 3 is 2.72 bits per heavy atom. The van der Waals surface area contributed by atoms with Crippen LogP contribution in [0.3, 0.4) is 0 Å². The second-order valence-electron chi connectivity index (χ2n) is 7.44. The van der Waals surface area contributed by atoms with Gasteiger partial charge in [0.05, 0.1) is 24.4 Å². The molecule has 7 nitrogen and oxygen atoms in total. The summed E-state index contributed by atoms with van der Waals surface area (Å²) in [7, 11) is 0. The second kappa shape index (κ2) is 9.62. The van der Waals surface area contributed by atoms with E-state index in [4.69, 9.17) is 4.74 Å². The van der Waals surface area contributed by atoms with E-state index < -0.39 is 5.97 Å². The van der Waals surface area contributed by atoms with Gasteiger partial charge in [0.2, 0.25) is 11.8 Å². The number of amides is 2. The third-order valence-electron chi connectivity index (χ3n) is 4.99. The van der Waals surface area contributed by atoms with Crippen molar-refractivity contribution in [2.24, 2.45) is 0 Å². The highest BCUT2D eigenvalue weighted by Gasteiger charge is 2.25. The molecule has 1 saturated heterocycles. The average molecular weight is 470 g/mol. The lowest BCUT2D eigenvalue weighted by Crippen LogP contribution is -2.23. The number of anilines is 2. The minimum atomic E-state index is -0.463. The number of aryl methyl sites for hydroxylation is 1. The zero-order valence-corrected chi connectivity index (χ0v) is 19.5. The molecule has 1 aromatic carbocycles. The molecule has 3 aromatic rings. The molecular formula is C23H23N3O4S2. The van der Waals surface area contributed by atoms with E-state index in [1.165, 1.54) is 22.7 Å². The number of ether oxygens (including phenoxy) is 1. The Labute approximate surface area is 194 Å². The number of hydrogen-bond donors (Lipinski definition) is 1. The van der Waals surface area contributed by atoms with E-state index in [9.17, 15) is 14.4 Å². The molecular weight excluding hydrogens is 446 g/mol.